The van der Waals surface area contributed by atoms with Gasteiger partial charge in [-0.15, -0.1) is 0 Å². The maximum atomic E-state index is 10.9. The molecule has 1 aliphatic carbocycles. The lowest BCUT2D eigenvalue weighted by atomic mass is 9.83. The molecular formula is C10H16O2. The Balaban J connectivity index is 1.93. The standard InChI is InChI=1S/C10H16O2/c1-8-4-9(8)5-10(6-11)2-3-12-7-10/h6,8-9H,2-5,7H2,1H3. The van der Waals surface area contributed by atoms with Gasteiger partial charge in [0.15, 0.2) is 0 Å². The minimum Gasteiger partial charge on any atom is -0.380 e. The van der Waals surface area contributed by atoms with Crippen LogP contribution in [0.15, 0.2) is 0 Å². The summed E-state index contributed by atoms with van der Waals surface area (Å²) in [6, 6.07) is 0. The lowest BCUT2D eigenvalue weighted by Gasteiger charge is -2.19. The van der Waals surface area contributed by atoms with Gasteiger partial charge in [0.05, 0.1) is 12.0 Å². The van der Waals surface area contributed by atoms with Crippen LogP contribution in [0, 0.1) is 17.3 Å². The largest absolute Gasteiger partial charge is 0.380 e. The third kappa shape index (κ3) is 1.40. The highest BCUT2D eigenvalue weighted by Gasteiger charge is 2.43. The second kappa shape index (κ2) is 2.84. The van der Waals surface area contributed by atoms with E-state index in [1.165, 1.54) is 6.42 Å². The zero-order chi connectivity index (χ0) is 8.60. The molecule has 3 atom stereocenters. The number of hydrogen-bond donors (Lipinski definition) is 0. The summed E-state index contributed by atoms with van der Waals surface area (Å²) in [5.41, 5.74) is -0.102. The molecule has 2 rings (SSSR count). The molecule has 2 fully saturated rings. The molecule has 3 unspecified atom stereocenters. The minimum absolute atomic E-state index is 0.102. The molecule has 0 aromatic carbocycles. The number of hydrogen-bond acceptors (Lipinski definition) is 2. The number of carbonyl (C=O) groups is 1. The van der Waals surface area contributed by atoms with Crippen LogP contribution in [-0.4, -0.2) is 19.5 Å². The molecule has 0 aromatic rings. The molecule has 2 heteroatoms. The summed E-state index contributed by atoms with van der Waals surface area (Å²) in [7, 11) is 0. The fourth-order valence-corrected chi connectivity index (χ4v) is 2.13. The Labute approximate surface area is 73.3 Å². The van der Waals surface area contributed by atoms with Crippen LogP contribution in [0.4, 0.5) is 0 Å². The highest BCUT2D eigenvalue weighted by molar-refractivity contribution is 5.60. The number of rotatable bonds is 3. The molecule has 2 aliphatic rings. The van der Waals surface area contributed by atoms with E-state index in [9.17, 15) is 4.79 Å². The summed E-state index contributed by atoms with van der Waals surface area (Å²) < 4.78 is 5.28. The average molecular weight is 168 g/mol. The molecule has 0 aromatic heterocycles. The highest BCUT2D eigenvalue weighted by Crippen LogP contribution is 2.47. The van der Waals surface area contributed by atoms with Gasteiger partial charge in [0, 0.05) is 6.61 Å². The lowest BCUT2D eigenvalue weighted by molar-refractivity contribution is -0.116. The summed E-state index contributed by atoms with van der Waals surface area (Å²) in [6.07, 6.45) is 4.46. The number of ether oxygens (including phenoxy) is 1. The summed E-state index contributed by atoms with van der Waals surface area (Å²) >= 11 is 0. The summed E-state index contributed by atoms with van der Waals surface area (Å²) in [6.45, 7) is 3.71. The molecule has 0 N–H and O–H groups in total. The van der Waals surface area contributed by atoms with Crippen molar-refractivity contribution in [1.82, 2.24) is 0 Å². The van der Waals surface area contributed by atoms with E-state index in [4.69, 9.17) is 4.74 Å². The molecule has 1 saturated heterocycles. The van der Waals surface area contributed by atoms with Crippen LogP contribution in [0.2, 0.25) is 0 Å². The molecular weight excluding hydrogens is 152 g/mol. The van der Waals surface area contributed by atoms with E-state index in [0.29, 0.717) is 6.61 Å². The molecule has 0 radical (unpaired) electrons. The fraction of sp³-hybridized carbons (Fsp3) is 0.900. The Morgan fingerprint density at radius 3 is 2.83 bits per heavy atom. The smallest absolute Gasteiger partial charge is 0.128 e. The van der Waals surface area contributed by atoms with Crippen LogP contribution in [0.1, 0.15) is 26.2 Å². The van der Waals surface area contributed by atoms with Gasteiger partial charge in [-0.05, 0) is 31.1 Å². The Bertz CT molecular complexity index is 182. The number of carbonyl (C=O) groups excluding carboxylic acids is 1. The zero-order valence-corrected chi connectivity index (χ0v) is 7.58. The third-order valence-corrected chi connectivity index (χ3v) is 3.33. The van der Waals surface area contributed by atoms with Crippen molar-refractivity contribution < 1.29 is 9.53 Å². The SMILES string of the molecule is CC1CC1CC1(C=O)CCOC1. The lowest BCUT2D eigenvalue weighted by Crippen LogP contribution is -2.23. The molecule has 68 valence electrons. The highest BCUT2D eigenvalue weighted by atomic mass is 16.5. The van der Waals surface area contributed by atoms with Crippen LogP contribution in [0.5, 0.6) is 0 Å². The van der Waals surface area contributed by atoms with Crippen LogP contribution in [0.3, 0.4) is 0 Å². The normalized spacial score (nSPS) is 46.1. The minimum atomic E-state index is -0.102. The van der Waals surface area contributed by atoms with E-state index in [0.717, 1.165) is 37.6 Å². The van der Waals surface area contributed by atoms with Crippen molar-refractivity contribution in [3.05, 3.63) is 0 Å². The van der Waals surface area contributed by atoms with Gasteiger partial charge < -0.3 is 9.53 Å². The van der Waals surface area contributed by atoms with Gasteiger partial charge in [0.1, 0.15) is 6.29 Å². The predicted octanol–water partition coefficient (Wildman–Crippen LogP) is 1.64. The van der Waals surface area contributed by atoms with Gasteiger partial charge in [0.25, 0.3) is 0 Å². The predicted molar refractivity (Wildman–Crippen MR) is 45.8 cm³/mol. The van der Waals surface area contributed by atoms with Gasteiger partial charge in [-0.3, -0.25) is 0 Å². The van der Waals surface area contributed by atoms with Crippen LogP contribution < -0.4 is 0 Å². The van der Waals surface area contributed by atoms with Crippen molar-refractivity contribution in [3.63, 3.8) is 0 Å². The van der Waals surface area contributed by atoms with Gasteiger partial charge in [-0.1, -0.05) is 6.92 Å². The first-order valence-electron chi connectivity index (χ1n) is 4.80. The molecule has 0 amide bonds. The zero-order valence-electron chi connectivity index (χ0n) is 7.58. The Morgan fingerprint density at radius 2 is 2.42 bits per heavy atom. The van der Waals surface area contributed by atoms with Crippen LogP contribution in [-0.2, 0) is 9.53 Å². The van der Waals surface area contributed by atoms with Gasteiger partial charge in [-0.2, -0.15) is 0 Å². The fourth-order valence-electron chi connectivity index (χ4n) is 2.13. The summed E-state index contributed by atoms with van der Waals surface area (Å²) in [5.74, 6) is 1.65. The summed E-state index contributed by atoms with van der Waals surface area (Å²) in [5, 5.41) is 0. The second-order valence-corrected chi connectivity index (χ2v) is 4.46. The van der Waals surface area contributed by atoms with Crippen molar-refractivity contribution in [1.29, 1.82) is 0 Å². The molecule has 12 heavy (non-hydrogen) atoms. The van der Waals surface area contributed by atoms with E-state index in [1.807, 2.05) is 0 Å². The maximum Gasteiger partial charge on any atom is 0.128 e. The Kier molecular flexibility index (Phi) is 1.95. The monoisotopic (exact) mass is 168 g/mol. The first-order chi connectivity index (χ1) is 5.76. The van der Waals surface area contributed by atoms with Crippen LogP contribution >= 0.6 is 0 Å². The molecule has 1 heterocycles. The first kappa shape index (κ1) is 8.24. The average Bonchev–Trinajstić information content (AvgIpc) is 2.60. The van der Waals surface area contributed by atoms with E-state index >= 15 is 0 Å². The second-order valence-electron chi connectivity index (χ2n) is 4.46. The first-order valence-corrected chi connectivity index (χ1v) is 4.80. The van der Waals surface area contributed by atoms with E-state index < -0.39 is 0 Å². The topological polar surface area (TPSA) is 26.3 Å². The molecule has 2 nitrogen and oxygen atoms in total. The number of aldehydes is 1. The van der Waals surface area contributed by atoms with Gasteiger partial charge >= 0.3 is 0 Å². The molecule has 0 spiro atoms. The van der Waals surface area contributed by atoms with Crippen molar-refractivity contribution in [2.45, 2.75) is 26.2 Å². The van der Waals surface area contributed by atoms with Crippen molar-refractivity contribution >= 4 is 6.29 Å². The van der Waals surface area contributed by atoms with Gasteiger partial charge in [0.2, 0.25) is 0 Å². The Morgan fingerprint density at radius 1 is 1.67 bits per heavy atom. The van der Waals surface area contributed by atoms with Crippen molar-refractivity contribution in [2.24, 2.45) is 17.3 Å². The Hall–Kier alpha value is -0.370. The van der Waals surface area contributed by atoms with E-state index in [-0.39, 0.29) is 5.41 Å². The van der Waals surface area contributed by atoms with Crippen molar-refractivity contribution in [2.75, 3.05) is 13.2 Å². The van der Waals surface area contributed by atoms with Gasteiger partial charge in [-0.25, -0.2) is 0 Å². The molecule has 0 bridgehead atoms. The van der Waals surface area contributed by atoms with E-state index in [1.54, 1.807) is 0 Å². The maximum absolute atomic E-state index is 10.9. The van der Waals surface area contributed by atoms with Crippen LogP contribution in [0.25, 0.3) is 0 Å². The van der Waals surface area contributed by atoms with E-state index in [2.05, 4.69) is 6.92 Å². The third-order valence-electron chi connectivity index (χ3n) is 3.33. The quantitative estimate of drug-likeness (QED) is 0.599. The van der Waals surface area contributed by atoms with Crippen molar-refractivity contribution in [3.8, 4) is 0 Å². The summed E-state index contributed by atoms with van der Waals surface area (Å²) in [4.78, 5) is 10.9. The molecule has 1 aliphatic heterocycles. The molecule has 1 saturated carbocycles.